The Morgan fingerprint density at radius 3 is 2.31 bits per heavy atom. The van der Waals surface area contributed by atoms with Gasteiger partial charge in [0.15, 0.2) is 0 Å². The van der Waals surface area contributed by atoms with Crippen molar-refractivity contribution in [1.29, 1.82) is 0 Å². The van der Waals surface area contributed by atoms with Crippen LogP contribution in [-0.4, -0.2) is 60.0 Å². The second-order valence-corrected chi connectivity index (χ2v) is 11.8. The minimum Gasteiger partial charge on any atom is -0.478 e. The van der Waals surface area contributed by atoms with Crippen LogP contribution in [0.4, 0.5) is 0 Å². The second kappa shape index (κ2) is 11.6. The summed E-state index contributed by atoms with van der Waals surface area (Å²) in [5.74, 6) is -1.47. The Bertz CT molecular complexity index is 994. The van der Waals surface area contributed by atoms with E-state index in [1.54, 1.807) is 25.1 Å². The molecule has 0 fully saturated rings. The molecule has 1 aliphatic carbocycles. The van der Waals surface area contributed by atoms with E-state index >= 15 is 0 Å². The summed E-state index contributed by atoms with van der Waals surface area (Å²) in [6, 6.07) is 6.57. The van der Waals surface area contributed by atoms with E-state index < -0.39 is 34.9 Å². The van der Waals surface area contributed by atoms with Gasteiger partial charge < -0.3 is 20.6 Å². The summed E-state index contributed by atoms with van der Waals surface area (Å²) in [6.07, 6.45) is 4.47. The van der Waals surface area contributed by atoms with Crippen molar-refractivity contribution < 1.29 is 19.5 Å². The minimum absolute atomic E-state index is 0.00715. The first-order valence-electron chi connectivity index (χ1n) is 12.9. The van der Waals surface area contributed by atoms with Gasteiger partial charge >= 0.3 is 5.97 Å². The molecule has 1 aromatic rings. The minimum atomic E-state index is -1.01. The highest BCUT2D eigenvalue weighted by molar-refractivity contribution is 5.92. The van der Waals surface area contributed by atoms with Gasteiger partial charge in [-0.15, -0.1) is 0 Å². The molecule has 1 aromatic carbocycles. The standard InChI is InChI=1S/C29H45N3O4/c1-18(2)22(17-19(3)27(35)36)32(9)26(34)24(28(4,5)6)31-25(33)23(30-8)29(7)16-12-14-20-13-10-11-15-21(20)29/h10-11,13,15,17-18,22-24,30H,12,14,16H2,1-9H3,(H,31,33)(H,35,36)/t22-,23-,24-,29?/m1/s1. The number of aryl methyl sites for hydroxylation is 1. The van der Waals surface area contributed by atoms with Crippen molar-refractivity contribution in [2.45, 2.75) is 91.3 Å². The quantitative estimate of drug-likeness (QED) is 0.448. The smallest absolute Gasteiger partial charge is 0.331 e. The molecule has 1 aliphatic rings. The van der Waals surface area contributed by atoms with Gasteiger partial charge in [-0.05, 0) is 55.7 Å². The zero-order valence-electron chi connectivity index (χ0n) is 23.4. The summed E-state index contributed by atoms with van der Waals surface area (Å²) in [4.78, 5) is 40.6. The lowest BCUT2D eigenvalue weighted by Gasteiger charge is -2.43. The number of amides is 2. The number of likely N-dealkylation sites (N-methyl/N-ethyl adjacent to an activating group) is 2. The van der Waals surface area contributed by atoms with Gasteiger partial charge in [0.1, 0.15) is 6.04 Å². The third-order valence-corrected chi connectivity index (χ3v) is 7.60. The van der Waals surface area contributed by atoms with Crippen LogP contribution in [0.5, 0.6) is 0 Å². The summed E-state index contributed by atoms with van der Waals surface area (Å²) in [6.45, 7) is 13.3. The monoisotopic (exact) mass is 499 g/mol. The van der Waals surface area contributed by atoms with Gasteiger partial charge in [0.25, 0.3) is 0 Å². The highest BCUT2D eigenvalue weighted by Crippen LogP contribution is 2.40. The number of carboxylic acid groups (broad SMARTS) is 1. The van der Waals surface area contributed by atoms with E-state index in [9.17, 15) is 19.5 Å². The molecule has 200 valence electrons. The number of carboxylic acids is 1. The SMILES string of the molecule is CN[C@H](C(=O)N[C@H](C(=O)N(C)[C@H](C=C(C)C(=O)O)C(C)C)C(C)(C)C)C1(C)CCCc2ccccc21. The summed E-state index contributed by atoms with van der Waals surface area (Å²) in [5.41, 5.74) is 1.66. The van der Waals surface area contributed by atoms with Crippen molar-refractivity contribution in [3.05, 3.63) is 47.0 Å². The molecule has 2 amide bonds. The maximum absolute atomic E-state index is 13.8. The number of hydrogen-bond donors (Lipinski definition) is 3. The van der Waals surface area contributed by atoms with Crippen molar-refractivity contribution in [3.8, 4) is 0 Å². The number of hydrogen-bond acceptors (Lipinski definition) is 4. The lowest BCUT2D eigenvalue weighted by atomic mass is 9.66. The Morgan fingerprint density at radius 2 is 1.78 bits per heavy atom. The number of benzene rings is 1. The molecule has 0 saturated heterocycles. The maximum Gasteiger partial charge on any atom is 0.331 e. The fraction of sp³-hybridized carbons (Fsp3) is 0.621. The Balaban J connectivity index is 2.39. The van der Waals surface area contributed by atoms with Gasteiger partial charge in [-0.25, -0.2) is 4.79 Å². The highest BCUT2D eigenvalue weighted by Gasteiger charge is 2.45. The largest absolute Gasteiger partial charge is 0.478 e. The van der Waals surface area contributed by atoms with E-state index in [4.69, 9.17) is 0 Å². The number of nitrogens with one attached hydrogen (secondary N) is 2. The number of carbonyl (C=O) groups excluding carboxylic acids is 2. The maximum atomic E-state index is 13.8. The summed E-state index contributed by atoms with van der Waals surface area (Å²) in [7, 11) is 3.47. The molecule has 0 heterocycles. The van der Waals surface area contributed by atoms with Crippen LogP contribution in [-0.2, 0) is 26.2 Å². The van der Waals surface area contributed by atoms with Crippen molar-refractivity contribution in [3.63, 3.8) is 0 Å². The molecule has 1 unspecified atom stereocenters. The molecule has 0 bridgehead atoms. The molecule has 0 aliphatic heterocycles. The van der Waals surface area contributed by atoms with Crippen LogP contribution in [0.2, 0.25) is 0 Å². The summed E-state index contributed by atoms with van der Waals surface area (Å²) >= 11 is 0. The normalized spacial score (nSPS) is 20.8. The van der Waals surface area contributed by atoms with Gasteiger partial charge in [0.2, 0.25) is 11.8 Å². The first-order chi connectivity index (χ1) is 16.6. The van der Waals surface area contributed by atoms with E-state index in [1.807, 2.05) is 46.8 Å². The second-order valence-electron chi connectivity index (χ2n) is 11.8. The first-order valence-corrected chi connectivity index (χ1v) is 12.9. The Morgan fingerprint density at radius 1 is 1.17 bits per heavy atom. The molecule has 0 aromatic heterocycles. The summed E-state index contributed by atoms with van der Waals surface area (Å²) < 4.78 is 0. The predicted molar refractivity (Wildman–Crippen MR) is 144 cm³/mol. The number of fused-ring (bicyclic) bond motifs is 1. The number of carbonyl (C=O) groups is 3. The fourth-order valence-corrected chi connectivity index (χ4v) is 5.42. The molecular formula is C29H45N3O4. The molecule has 0 saturated carbocycles. The lowest BCUT2D eigenvalue weighted by Crippen LogP contribution is -2.62. The third-order valence-electron chi connectivity index (χ3n) is 7.60. The molecule has 3 N–H and O–H groups in total. The van der Waals surface area contributed by atoms with E-state index in [-0.39, 0.29) is 23.3 Å². The van der Waals surface area contributed by atoms with E-state index in [0.717, 1.165) is 19.3 Å². The van der Waals surface area contributed by atoms with E-state index in [0.29, 0.717) is 0 Å². The lowest BCUT2D eigenvalue weighted by molar-refractivity contribution is -0.141. The fourth-order valence-electron chi connectivity index (χ4n) is 5.42. The number of rotatable bonds is 9. The van der Waals surface area contributed by atoms with Gasteiger partial charge in [-0.2, -0.15) is 0 Å². The van der Waals surface area contributed by atoms with Crippen LogP contribution in [0.3, 0.4) is 0 Å². The van der Waals surface area contributed by atoms with Gasteiger partial charge in [-0.1, -0.05) is 71.9 Å². The van der Waals surface area contributed by atoms with Gasteiger partial charge in [0.05, 0.1) is 12.1 Å². The molecule has 7 heteroatoms. The van der Waals surface area contributed by atoms with Crippen molar-refractivity contribution >= 4 is 17.8 Å². The Kier molecular flexibility index (Phi) is 9.52. The first kappa shape index (κ1) is 29.6. The Hall–Kier alpha value is -2.67. The third kappa shape index (κ3) is 6.36. The molecule has 4 atom stereocenters. The molecule has 2 rings (SSSR count). The van der Waals surface area contributed by atoms with Crippen LogP contribution in [0, 0.1) is 11.3 Å². The highest BCUT2D eigenvalue weighted by atomic mass is 16.4. The topological polar surface area (TPSA) is 98.7 Å². The summed E-state index contributed by atoms with van der Waals surface area (Å²) in [5, 5.41) is 15.7. The molecule has 36 heavy (non-hydrogen) atoms. The van der Waals surface area contributed by atoms with Crippen molar-refractivity contribution in [2.75, 3.05) is 14.1 Å². The van der Waals surface area contributed by atoms with Crippen molar-refractivity contribution in [1.82, 2.24) is 15.5 Å². The molecule has 7 nitrogen and oxygen atoms in total. The van der Waals surface area contributed by atoms with Crippen LogP contribution < -0.4 is 10.6 Å². The van der Waals surface area contributed by atoms with Crippen LogP contribution in [0.1, 0.15) is 72.4 Å². The number of aliphatic carboxylic acids is 1. The number of nitrogens with zero attached hydrogens (tertiary/aromatic N) is 1. The van der Waals surface area contributed by atoms with Gasteiger partial charge in [0, 0.05) is 18.0 Å². The average molecular weight is 500 g/mol. The molecule has 0 spiro atoms. The molecular weight excluding hydrogens is 454 g/mol. The van der Waals surface area contributed by atoms with E-state index in [2.05, 4.69) is 29.7 Å². The zero-order chi connectivity index (χ0) is 27.4. The average Bonchev–Trinajstić information content (AvgIpc) is 2.79. The van der Waals surface area contributed by atoms with Gasteiger partial charge in [-0.3, -0.25) is 9.59 Å². The predicted octanol–water partition coefficient (Wildman–Crippen LogP) is 3.91. The van der Waals surface area contributed by atoms with Crippen molar-refractivity contribution in [2.24, 2.45) is 11.3 Å². The molecule has 0 radical (unpaired) electrons. The van der Waals surface area contributed by atoms with Crippen LogP contribution >= 0.6 is 0 Å². The van der Waals surface area contributed by atoms with Crippen LogP contribution in [0.25, 0.3) is 0 Å². The Labute approximate surface area is 216 Å². The van der Waals surface area contributed by atoms with E-state index in [1.165, 1.54) is 18.1 Å². The van der Waals surface area contributed by atoms with Crippen LogP contribution in [0.15, 0.2) is 35.9 Å². The zero-order valence-corrected chi connectivity index (χ0v) is 23.4.